The van der Waals surface area contributed by atoms with E-state index < -0.39 is 0 Å². The molecule has 0 saturated carbocycles. The number of ether oxygens (including phenoxy) is 1. The minimum atomic E-state index is -0.384. The minimum absolute atomic E-state index is 0.0782. The third-order valence-electron chi connectivity index (χ3n) is 3.47. The summed E-state index contributed by atoms with van der Waals surface area (Å²) in [6.07, 6.45) is 0. The molecule has 1 aliphatic rings. The van der Waals surface area contributed by atoms with Gasteiger partial charge in [0.15, 0.2) is 0 Å². The van der Waals surface area contributed by atoms with E-state index in [2.05, 4.69) is 15.7 Å². The molecule has 0 bridgehead atoms. The number of amidine groups is 1. The number of nitrogens with one attached hydrogen (secondary N) is 2. The maximum atomic E-state index is 12.2. The van der Waals surface area contributed by atoms with E-state index in [1.54, 1.807) is 12.1 Å². The van der Waals surface area contributed by atoms with Crippen LogP contribution in [0.15, 0.2) is 65.7 Å². The topological polar surface area (TPSA) is 83.0 Å². The van der Waals surface area contributed by atoms with Gasteiger partial charge in [0, 0.05) is 0 Å². The van der Waals surface area contributed by atoms with Crippen LogP contribution in [0.4, 0.5) is 5.69 Å². The Balaban J connectivity index is 1.51. The molecule has 128 valence electrons. The van der Waals surface area contributed by atoms with Crippen LogP contribution in [0.5, 0.6) is 5.75 Å². The van der Waals surface area contributed by atoms with Crippen LogP contribution in [-0.2, 0) is 9.59 Å². The van der Waals surface area contributed by atoms with Crippen molar-refractivity contribution in [1.29, 1.82) is 0 Å². The molecule has 0 unspecified atom stereocenters. The molecule has 0 radical (unpaired) electrons. The lowest BCUT2D eigenvalue weighted by Crippen LogP contribution is -2.56. The number of para-hydroxylation sites is 2. The second-order valence-electron chi connectivity index (χ2n) is 5.26. The Morgan fingerprint density at radius 3 is 2.52 bits per heavy atom. The fraction of sp³-hybridized carbons (Fsp3) is 0.167. The van der Waals surface area contributed by atoms with E-state index in [-0.39, 0.29) is 24.2 Å². The van der Waals surface area contributed by atoms with Gasteiger partial charge in [-0.15, -0.1) is 0 Å². The quantitative estimate of drug-likeness (QED) is 0.774. The Labute approximate surface area is 145 Å². The van der Waals surface area contributed by atoms with Gasteiger partial charge in [-0.3, -0.25) is 20.0 Å². The van der Waals surface area contributed by atoms with Crippen molar-refractivity contribution in [2.24, 2.45) is 4.99 Å². The Hall–Kier alpha value is -3.35. The van der Waals surface area contributed by atoms with Crippen LogP contribution in [0.3, 0.4) is 0 Å². The second-order valence-corrected chi connectivity index (χ2v) is 5.26. The summed E-state index contributed by atoms with van der Waals surface area (Å²) >= 11 is 0. The fourth-order valence-corrected chi connectivity index (χ4v) is 2.26. The van der Waals surface area contributed by atoms with Gasteiger partial charge in [-0.25, -0.2) is 5.01 Å². The normalized spacial score (nSPS) is 13.7. The predicted octanol–water partition coefficient (Wildman–Crippen LogP) is 1.13. The van der Waals surface area contributed by atoms with Gasteiger partial charge in [-0.2, -0.15) is 0 Å². The van der Waals surface area contributed by atoms with Crippen LogP contribution in [0, 0.1) is 0 Å². The molecule has 0 aromatic heterocycles. The SMILES string of the molecule is O=C(NCCOc1ccccc1)C1=NCC(=O)N(c2ccccc2)N1. The van der Waals surface area contributed by atoms with E-state index in [0.29, 0.717) is 18.8 Å². The first kappa shape index (κ1) is 16.5. The molecule has 2 amide bonds. The molecule has 25 heavy (non-hydrogen) atoms. The molecule has 0 atom stereocenters. The van der Waals surface area contributed by atoms with Gasteiger partial charge in [0.1, 0.15) is 18.9 Å². The zero-order valence-corrected chi connectivity index (χ0v) is 13.5. The van der Waals surface area contributed by atoms with E-state index in [1.165, 1.54) is 5.01 Å². The van der Waals surface area contributed by atoms with Crippen molar-refractivity contribution in [3.05, 3.63) is 60.7 Å². The Bertz CT molecular complexity index is 762. The molecule has 0 fully saturated rings. The van der Waals surface area contributed by atoms with Crippen molar-refractivity contribution >= 4 is 23.3 Å². The van der Waals surface area contributed by atoms with Crippen molar-refractivity contribution < 1.29 is 14.3 Å². The number of nitrogens with zero attached hydrogens (tertiary/aromatic N) is 2. The molecular weight excluding hydrogens is 320 g/mol. The van der Waals surface area contributed by atoms with Crippen LogP contribution in [0.1, 0.15) is 0 Å². The van der Waals surface area contributed by atoms with Crippen LogP contribution in [0.2, 0.25) is 0 Å². The average Bonchev–Trinajstić information content (AvgIpc) is 2.67. The number of carbonyl (C=O) groups is 2. The minimum Gasteiger partial charge on any atom is -0.492 e. The lowest BCUT2D eigenvalue weighted by Gasteiger charge is -2.27. The number of amides is 2. The van der Waals surface area contributed by atoms with Crippen LogP contribution < -0.4 is 20.5 Å². The Morgan fingerprint density at radius 2 is 1.80 bits per heavy atom. The predicted molar refractivity (Wildman–Crippen MR) is 94.3 cm³/mol. The molecular formula is C18H18N4O3. The molecule has 0 aliphatic carbocycles. The zero-order chi connectivity index (χ0) is 17.5. The lowest BCUT2D eigenvalue weighted by atomic mass is 10.3. The van der Waals surface area contributed by atoms with Crippen LogP contribution in [0.25, 0.3) is 0 Å². The molecule has 2 N–H and O–H groups in total. The van der Waals surface area contributed by atoms with Crippen molar-refractivity contribution in [1.82, 2.24) is 10.7 Å². The van der Waals surface area contributed by atoms with E-state index >= 15 is 0 Å². The number of carbonyl (C=O) groups excluding carboxylic acids is 2. The molecule has 3 rings (SSSR count). The summed E-state index contributed by atoms with van der Waals surface area (Å²) in [6, 6.07) is 18.4. The van der Waals surface area contributed by atoms with Crippen molar-refractivity contribution in [3.63, 3.8) is 0 Å². The van der Waals surface area contributed by atoms with Gasteiger partial charge in [0.2, 0.25) is 5.84 Å². The van der Waals surface area contributed by atoms with E-state index in [1.807, 2.05) is 48.5 Å². The molecule has 1 aliphatic heterocycles. The molecule has 1 heterocycles. The lowest BCUT2D eigenvalue weighted by molar-refractivity contribution is -0.118. The third kappa shape index (κ3) is 4.35. The maximum absolute atomic E-state index is 12.2. The number of hydrogen-bond acceptors (Lipinski definition) is 5. The van der Waals surface area contributed by atoms with Gasteiger partial charge in [0.05, 0.1) is 12.2 Å². The molecule has 0 spiro atoms. The van der Waals surface area contributed by atoms with Gasteiger partial charge in [0.25, 0.3) is 11.8 Å². The smallest absolute Gasteiger partial charge is 0.288 e. The van der Waals surface area contributed by atoms with Crippen molar-refractivity contribution in [3.8, 4) is 5.75 Å². The van der Waals surface area contributed by atoms with E-state index in [4.69, 9.17) is 4.74 Å². The summed E-state index contributed by atoms with van der Waals surface area (Å²) in [7, 11) is 0. The first-order chi connectivity index (χ1) is 12.2. The first-order valence-corrected chi connectivity index (χ1v) is 7.89. The van der Waals surface area contributed by atoms with Gasteiger partial charge in [-0.05, 0) is 24.3 Å². The second kappa shape index (κ2) is 7.96. The molecule has 0 saturated heterocycles. The van der Waals surface area contributed by atoms with Gasteiger partial charge < -0.3 is 10.1 Å². The number of hydrogen-bond donors (Lipinski definition) is 2. The summed E-state index contributed by atoms with van der Waals surface area (Å²) in [5.41, 5.74) is 3.41. The highest BCUT2D eigenvalue weighted by molar-refractivity contribution is 6.39. The molecule has 2 aromatic rings. The maximum Gasteiger partial charge on any atom is 0.288 e. The number of aliphatic imine (C=N–C) groups is 1. The number of benzene rings is 2. The molecule has 7 heteroatoms. The van der Waals surface area contributed by atoms with Crippen molar-refractivity contribution in [2.45, 2.75) is 0 Å². The number of anilines is 1. The number of hydrazine groups is 1. The monoisotopic (exact) mass is 338 g/mol. The van der Waals surface area contributed by atoms with Gasteiger partial charge >= 0.3 is 0 Å². The standard InChI is InChI=1S/C18H18N4O3/c23-16-13-20-17(21-22(16)14-7-3-1-4-8-14)18(24)19-11-12-25-15-9-5-2-6-10-15/h1-10H,11-13H2,(H,19,24)(H,20,21). The third-order valence-corrected chi connectivity index (χ3v) is 3.47. The highest BCUT2D eigenvalue weighted by Crippen LogP contribution is 2.13. The fourth-order valence-electron chi connectivity index (χ4n) is 2.26. The van der Waals surface area contributed by atoms with Crippen molar-refractivity contribution in [2.75, 3.05) is 24.7 Å². The largest absolute Gasteiger partial charge is 0.492 e. The molecule has 2 aromatic carbocycles. The Morgan fingerprint density at radius 1 is 1.12 bits per heavy atom. The van der Waals surface area contributed by atoms with Crippen LogP contribution >= 0.6 is 0 Å². The Kier molecular flexibility index (Phi) is 5.26. The van der Waals surface area contributed by atoms with Gasteiger partial charge in [-0.1, -0.05) is 36.4 Å². The summed E-state index contributed by atoms with van der Waals surface area (Å²) in [5, 5.41) is 4.04. The van der Waals surface area contributed by atoms with E-state index in [0.717, 1.165) is 5.75 Å². The highest BCUT2D eigenvalue weighted by atomic mass is 16.5. The summed E-state index contributed by atoms with van der Waals surface area (Å²) in [5.74, 6) is 0.231. The summed E-state index contributed by atoms with van der Waals surface area (Å²) < 4.78 is 5.51. The zero-order valence-electron chi connectivity index (χ0n) is 13.5. The first-order valence-electron chi connectivity index (χ1n) is 7.89. The number of rotatable bonds is 6. The summed E-state index contributed by atoms with van der Waals surface area (Å²) in [6.45, 7) is 0.587. The van der Waals surface area contributed by atoms with E-state index in [9.17, 15) is 9.59 Å². The molecule has 7 nitrogen and oxygen atoms in total. The highest BCUT2D eigenvalue weighted by Gasteiger charge is 2.25. The average molecular weight is 338 g/mol. The summed E-state index contributed by atoms with van der Waals surface area (Å²) in [4.78, 5) is 28.2. The van der Waals surface area contributed by atoms with Crippen LogP contribution in [-0.4, -0.2) is 37.3 Å².